The minimum absolute atomic E-state index is 0. The quantitative estimate of drug-likeness (QED) is 0.369. The lowest BCUT2D eigenvalue weighted by atomic mass is 10.1. The highest BCUT2D eigenvalue weighted by molar-refractivity contribution is 4.68. The fourth-order valence-electron chi connectivity index (χ4n) is 2.84. The molecule has 0 aliphatic carbocycles. The van der Waals surface area contributed by atoms with Gasteiger partial charge in [-0.3, -0.25) is 0 Å². The Kier molecular flexibility index (Phi) is 17.0. The van der Waals surface area contributed by atoms with E-state index in [4.69, 9.17) is 5.26 Å². The average Bonchev–Trinajstić information content (AvgIpc) is 2.45. The first-order valence-electron chi connectivity index (χ1n) is 8.46. The summed E-state index contributed by atoms with van der Waals surface area (Å²) in [6, 6.07) is 2.31. The summed E-state index contributed by atoms with van der Waals surface area (Å²) in [6.07, 6.45) is 11.8. The van der Waals surface area contributed by atoms with Crippen molar-refractivity contribution >= 4 is 0 Å². The number of hydrogen-bond acceptors (Lipinski definition) is 1. The van der Waals surface area contributed by atoms with Gasteiger partial charge in [0.1, 0.15) is 0 Å². The molecule has 0 saturated carbocycles. The lowest BCUT2D eigenvalue weighted by Gasteiger charge is -2.36. The molecule has 2 nitrogen and oxygen atoms in total. The first-order chi connectivity index (χ1) is 9.24. The summed E-state index contributed by atoms with van der Waals surface area (Å²) in [5.41, 5.74) is 0. The van der Waals surface area contributed by atoms with Gasteiger partial charge in [0.2, 0.25) is 0 Å². The predicted octanol–water partition coefficient (Wildman–Crippen LogP) is 1.90. The molecular formula is C17H35BrN2. The van der Waals surface area contributed by atoms with Crippen LogP contribution in [0.4, 0.5) is 0 Å². The van der Waals surface area contributed by atoms with Crippen molar-refractivity contribution in [2.24, 2.45) is 0 Å². The van der Waals surface area contributed by atoms with E-state index in [2.05, 4.69) is 26.8 Å². The minimum Gasteiger partial charge on any atom is -1.00 e. The van der Waals surface area contributed by atoms with Crippen LogP contribution in [-0.2, 0) is 0 Å². The first-order valence-corrected chi connectivity index (χ1v) is 8.46. The Labute approximate surface area is 137 Å². The summed E-state index contributed by atoms with van der Waals surface area (Å²) in [5.74, 6) is 0. The second-order valence-electron chi connectivity index (χ2n) is 5.80. The van der Waals surface area contributed by atoms with Crippen LogP contribution in [0.1, 0.15) is 78.6 Å². The minimum atomic E-state index is 0. The van der Waals surface area contributed by atoms with Gasteiger partial charge in [-0.25, -0.2) is 0 Å². The lowest BCUT2D eigenvalue weighted by Crippen LogP contribution is -3.00. The van der Waals surface area contributed by atoms with E-state index in [9.17, 15) is 0 Å². The zero-order valence-corrected chi connectivity index (χ0v) is 15.6. The molecule has 0 saturated heterocycles. The van der Waals surface area contributed by atoms with Crippen LogP contribution < -0.4 is 17.0 Å². The van der Waals surface area contributed by atoms with E-state index in [0.29, 0.717) is 6.42 Å². The number of hydrogen-bond donors (Lipinski definition) is 0. The van der Waals surface area contributed by atoms with Gasteiger partial charge in [-0.15, -0.1) is 0 Å². The van der Waals surface area contributed by atoms with Gasteiger partial charge in [0.05, 0.1) is 38.7 Å². The second kappa shape index (κ2) is 15.3. The van der Waals surface area contributed by atoms with Gasteiger partial charge in [0, 0.05) is 0 Å². The lowest BCUT2D eigenvalue weighted by molar-refractivity contribution is -0.924. The molecule has 0 amide bonds. The Morgan fingerprint density at radius 1 is 0.750 bits per heavy atom. The largest absolute Gasteiger partial charge is 1.00 e. The molecule has 0 heterocycles. The third-order valence-corrected chi connectivity index (χ3v) is 4.53. The number of nitriles is 1. The zero-order chi connectivity index (χ0) is 14.4. The molecule has 0 rings (SSSR count). The van der Waals surface area contributed by atoms with Gasteiger partial charge in [0.25, 0.3) is 0 Å². The monoisotopic (exact) mass is 346 g/mol. The Morgan fingerprint density at radius 2 is 1.25 bits per heavy atom. The Hall–Kier alpha value is -0.0700. The summed E-state index contributed by atoms with van der Waals surface area (Å²) in [4.78, 5) is 0. The van der Waals surface area contributed by atoms with Crippen LogP contribution in [0.5, 0.6) is 0 Å². The van der Waals surface area contributed by atoms with Crippen LogP contribution in [0, 0.1) is 11.3 Å². The molecule has 3 heteroatoms. The number of rotatable bonds is 13. The fourth-order valence-corrected chi connectivity index (χ4v) is 2.84. The number of nitrogens with zero attached hydrogens (tertiary/aromatic N) is 2. The van der Waals surface area contributed by atoms with E-state index >= 15 is 0 Å². The molecule has 0 atom stereocenters. The zero-order valence-electron chi connectivity index (χ0n) is 14.0. The molecule has 0 unspecified atom stereocenters. The van der Waals surface area contributed by atoms with Crippen LogP contribution in [0.15, 0.2) is 0 Å². The van der Waals surface area contributed by atoms with Crippen molar-refractivity contribution < 1.29 is 21.5 Å². The maximum absolute atomic E-state index is 8.77. The highest BCUT2D eigenvalue weighted by Crippen LogP contribution is 2.13. The molecule has 0 aliphatic heterocycles. The second-order valence-corrected chi connectivity index (χ2v) is 5.80. The van der Waals surface area contributed by atoms with Crippen molar-refractivity contribution in [3.8, 4) is 6.07 Å². The Morgan fingerprint density at radius 3 is 1.70 bits per heavy atom. The van der Waals surface area contributed by atoms with Gasteiger partial charge < -0.3 is 21.5 Å². The van der Waals surface area contributed by atoms with Gasteiger partial charge >= 0.3 is 0 Å². The summed E-state index contributed by atoms with van der Waals surface area (Å²) >= 11 is 0. The van der Waals surface area contributed by atoms with Crippen molar-refractivity contribution in [2.75, 3.05) is 26.2 Å². The van der Waals surface area contributed by atoms with E-state index in [1.54, 1.807) is 0 Å². The van der Waals surface area contributed by atoms with Crippen LogP contribution in [0.3, 0.4) is 0 Å². The molecule has 0 N–H and O–H groups in total. The topological polar surface area (TPSA) is 23.8 Å². The third kappa shape index (κ3) is 10.7. The average molecular weight is 347 g/mol. The predicted molar refractivity (Wildman–Crippen MR) is 83.9 cm³/mol. The number of unbranched alkanes of at least 4 members (excludes halogenated alkanes) is 7. The maximum Gasteiger partial charge on any atom is 0.0918 e. The van der Waals surface area contributed by atoms with E-state index in [0.717, 1.165) is 11.0 Å². The molecule has 120 valence electrons. The Balaban J connectivity index is 0. The molecule has 0 aromatic heterocycles. The highest BCUT2D eigenvalue weighted by Gasteiger charge is 2.21. The molecule has 0 aromatic carbocycles. The number of halogens is 1. The summed E-state index contributed by atoms with van der Waals surface area (Å²) in [5, 5.41) is 8.77. The van der Waals surface area contributed by atoms with Crippen LogP contribution in [0.25, 0.3) is 0 Å². The van der Waals surface area contributed by atoms with Crippen molar-refractivity contribution in [1.29, 1.82) is 5.26 Å². The molecule has 0 aliphatic rings. The molecule has 0 fully saturated rings. The van der Waals surface area contributed by atoms with E-state index in [-0.39, 0.29) is 17.0 Å². The van der Waals surface area contributed by atoms with Crippen molar-refractivity contribution in [3.05, 3.63) is 0 Å². The van der Waals surface area contributed by atoms with Gasteiger partial charge in [-0.2, -0.15) is 5.26 Å². The van der Waals surface area contributed by atoms with E-state index < -0.39 is 0 Å². The van der Waals surface area contributed by atoms with Gasteiger partial charge in [-0.1, -0.05) is 45.4 Å². The molecule has 0 aromatic rings. The van der Waals surface area contributed by atoms with Crippen LogP contribution in [0.2, 0.25) is 0 Å². The molecule has 0 spiro atoms. The van der Waals surface area contributed by atoms with Crippen molar-refractivity contribution in [1.82, 2.24) is 0 Å². The SMILES string of the molecule is CCCCCCCCCC[N+](CC)(CC)CCC#N.[Br-]. The standard InChI is InChI=1S/C17H35N2.BrH/c1-4-7-8-9-10-11-12-13-16-19(5-2,6-3)17-14-15-18;/h4-14,16-17H2,1-3H3;1H/q+1;/p-1. The maximum atomic E-state index is 8.77. The van der Waals surface area contributed by atoms with Crippen molar-refractivity contribution in [2.45, 2.75) is 78.6 Å². The van der Waals surface area contributed by atoms with Crippen molar-refractivity contribution in [3.63, 3.8) is 0 Å². The summed E-state index contributed by atoms with van der Waals surface area (Å²) in [6.45, 7) is 11.5. The van der Waals surface area contributed by atoms with Gasteiger partial charge in [0.15, 0.2) is 0 Å². The van der Waals surface area contributed by atoms with Crippen LogP contribution >= 0.6 is 0 Å². The number of quaternary nitrogens is 1. The van der Waals surface area contributed by atoms with Crippen LogP contribution in [-0.4, -0.2) is 30.7 Å². The third-order valence-electron chi connectivity index (χ3n) is 4.53. The summed E-state index contributed by atoms with van der Waals surface area (Å²) in [7, 11) is 0. The normalized spacial score (nSPS) is 10.9. The fraction of sp³-hybridized carbons (Fsp3) is 0.941. The van der Waals surface area contributed by atoms with Gasteiger partial charge in [-0.05, 0) is 26.7 Å². The molecule has 0 bridgehead atoms. The summed E-state index contributed by atoms with van der Waals surface area (Å²) < 4.78 is 1.14. The molecular weight excluding hydrogens is 312 g/mol. The van der Waals surface area contributed by atoms with E-state index in [1.807, 2.05) is 0 Å². The first kappa shape index (κ1) is 22.2. The smallest absolute Gasteiger partial charge is 0.0918 e. The highest BCUT2D eigenvalue weighted by atomic mass is 79.9. The Bertz CT molecular complexity index is 232. The molecule has 0 radical (unpaired) electrons. The van der Waals surface area contributed by atoms with E-state index in [1.165, 1.54) is 71.0 Å². The molecule has 20 heavy (non-hydrogen) atoms.